The number of anilines is 1. The van der Waals surface area contributed by atoms with Gasteiger partial charge in [0.1, 0.15) is 18.3 Å². The highest BCUT2D eigenvalue weighted by Gasteiger charge is 2.34. The third kappa shape index (κ3) is 8.07. The van der Waals surface area contributed by atoms with Crippen LogP contribution < -0.4 is 14.4 Å². The first-order chi connectivity index (χ1) is 18.5. The molecule has 0 fully saturated rings. The van der Waals surface area contributed by atoms with Crippen molar-refractivity contribution < 1.29 is 22.7 Å². The number of sulfonamides is 1. The number of carbonyl (C=O) groups is 2. The number of hydrogen-bond acceptors (Lipinski definition) is 5. The summed E-state index contributed by atoms with van der Waals surface area (Å²) in [4.78, 5) is 29.2. The lowest BCUT2D eigenvalue weighted by Gasteiger charge is -2.34. The molecule has 0 saturated heterocycles. The summed E-state index contributed by atoms with van der Waals surface area (Å²) in [5.41, 5.74) is 2.96. The number of nitrogens with zero attached hydrogens (tertiary/aromatic N) is 2. The maximum absolute atomic E-state index is 14.1. The first kappa shape index (κ1) is 29.7. The van der Waals surface area contributed by atoms with Gasteiger partial charge in [0.2, 0.25) is 21.8 Å². The summed E-state index contributed by atoms with van der Waals surface area (Å²) < 4.78 is 32.3. The predicted octanol–water partition coefficient (Wildman–Crippen LogP) is 3.93. The van der Waals surface area contributed by atoms with Crippen LogP contribution in [0.3, 0.4) is 0 Å². The minimum atomic E-state index is -3.88. The van der Waals surface area contributed by atoms with Gasteiger partial charge in [-0.1, -0.05) is 66.7 Å². The normalized spacial score (nSPS) is 12.1. The number of carbonyl (C=O) groups excluding carboxylic acids is 2. The number of rotatable bonds is 12. The molecule has 3 aromatic rings. The van der Waals surface area contributed by atoms with Crippen LogP contribution in [0.5, 0.6) is 5.75 Å². The summed E-state index contributed by atoms with van der Waals surface area (Å²) in [7, 11) is -2.44. The average Bonchev–Trinajstić information content (AvgIpc) is 2.89. The molecular formula is C30H37N3O5S. The smallest absolute Gasteiger partial charge is 0.244 e. The van der Waals surface area contributed by atoms with Gasteiger partial charge in [-0.25, -0.2) is 8.42 Å². The van der Waals surface area contributed by atoms with Gasteiger partial charge in [0, 0.05) is 19.0 Å². The molecular weight excluding hydrogens is 514 g/mol. The quantitative estimate of drug-likeness (QED) is 0.368. The standard InChI is InChI=1S/C30H37N3O5S/c1-22(2)31-30(35)27(19-24-14-7-6-8-15-24)32(20-25-16-10-9-13-23(25)3)29(34)21-33(39(5,36)37)26-17-11-12-18-28(26)38-4/h6-18,22,27H,19-21H2,1-5H3,(H,31,35)/t27-/m1/s1. The second-order valence-electron chi connectivity index (χ2n) is 9.76. The van der Waals surface area contributed by atoms with E-state index < -0.39 is 28.5 Å². The molecule has 9 heteroatoms. The van der Waals surface area contributed by atoms with E-state index >= 15 is 0 Å². The van der Waals surface area contributed by atoms with Crippen molar-refractivity contribution >= 4 is 27.5 Å². The van der Waals surface area contributed by atoms with Crippen molar-refractivity contribution in [2.24, 2.45) is 0 Å². The number of para-hydroxylation sites is 2. The summed E-state index contributed by atoms with van der Waals surface area (Å²) in [6.45, 7) is 5.30. The number of ether oxygens (including phenoxy) is 1. The average molecular weight is 552 g/mol. The highest BCUT2D eigenvalue weighted by molar-refractivity contribution is 7.92. The summed E-state index contributed by atoms with van der Waals surface area (Å²) in [5, 5.41) is 2.95. The first-order valence-electron chi connectivity index (χ1n) is 12.8. The van der Waals surface area contributed by atoms with Crippen molar-refractivity contribution in [3.63, 3.8) is 0 Å². The van der Waals surface area contributed by atoms with Gasteiger partial charge in [0.15, 0.2) is 0 Å². The lowest BCUT2D eigenvalue weighted by Crippen LogP contribution is -2.54. The van der Waals surface area contributed by atoms with Crippen LogP contribution in [0.1, 0.15) is 30.5 Å². The van der Waals surface area contributed by atoms with E-state index in [-0.39, 0.29) is 30.6 Å². The van der Waals surface area contributed by atoms with Gasteiger partial charge in [-0.2, -0.15) is 0 Å². The van der Waals surface area contributed by atoms with Crippen molar-refractivity contribution in [2.75, 3.05) is 24.2 Å². The molecule has 0 bridgehead atoms. The van der Waals surface area contributed by atoms with Crippen LogP contribution in [0.4, 0.5) is 5.69 Å². The lowest BCUT2D eigenvalue weighted by molar-refractivity contribution is -0.140. The molecule has 39 heavy (non-hydrogen) atoms. The number of methoxy groups -OCH3 is 1. The Morgan fingerprint density at radius 3 is 2.15 bits per heavy atom. The van der Waals surface area contributed by atoms with Gasteiger partial charge < -0.3 is 15.0 Å². The molecule has 3 rings (SSSR count). The van der Waals surface area contributed by atoms with Crippen molar-refractivity contribution in [3.05, 3.63) is 95.6 Å². The van der Waals surface area contributed by atoms with E-state index in [1.54, 1.807) is 24.3 Å². The number of aryl methyl sites for hydroxylation is 1. The molecule has 0 aliphatic rings. The summed E-state index contributed by atoms with van der Waals surface area (Å²) in [5.74, 6) is -0.493. The van der Waals surface area contributed by atoms with Crippen molar-refractivity contribution in [1.82, 2.24) is 10.2 Å². The molecule has 0 heterocycles. The van der Waals surface area contributed by atoms with Crippen molar-refractivity contribution in [1.29, 1.82) is 0 Å². The molecule has 3 aromatic carbocycles. The lowest BCUT2D eigenvalue weighted by atomic mass is 10.0. The van der Waals surface area contributed by atoms with E-state index in [0.29, 0.717) is 5.75 Å². The van der Waals surface area contributed by atoms with Crippen LogP contribution in [0.2, 0.25) is 0 Å². The monoisotopic (exact) mass is 551 g/mol. The highest BCUT2D eigenvalue weighted by atomic mass is 32.2. The zero-order valence-electron chi connectivity index (χ0n) is 23.1. The van der Waals surface area contributed by atoms with Crippen LogP contribution >= 0.6 is 0 Å². The minimum Gasteiger partial charge on any atom is -0.495 e. The summed E-state index contributed by atoms with van der Waals surface area (Å²) in [6, 6.07) is 22.7. The molecule has 208 valence electrons. The Balaban J connectivity index is 2.09. The molecule has 1 N–H and O–H groups in total. The fourth-order valence-corrected chi connectivity index (χ4v) is 5.19. The Kier molecular flexibility index (Phi) is 10.1. The van der Waals surface area contributed by atoms with Gasteiger partial charge in [-0.05, 0) is 49.6 Å². The topological polar surface area (TPSA) is 96.0 Å². The van der Waals surface area contributed by atoms with E-state index in [4.69, 9.17) is 4.74 Å². The second kappa shape index (κ2) is 13.3. The van der Waals surface area contributed by atoms with Crippen LogP contribution in [0, 0.1) is 6.92 Å². The Labute approximate surface area is 231 Å². The summed E-state index contributed by atoms with van der Waals surface area (Å²) >= 11 is 0. The van der Waals surface area contributed by atoms with E-state index in [0.717, 1.165) is 27.3 Å². The van der Waals surface area contributed by atoms with Crippen molar-refractivity contribution in [3.8, 4) is 5.75 Å². The SMILES string of the molecule is COc1ccccc1N(CC(=O)N(Cc1ccccc1C)[C@H](Cc1ccccc1)C(=O)NC(C)C)S(C)(=O)=O. The predicted molar refractivity (Wildman–Crippen MR) is 154 cm³/mol. The summed E-state index contributed by atoms with van der Waals surface area (Å²) in [6.07, 6.45) is 1.32. The molecule has 0 saturated carbocycles. The number of nitrogens with one attached hydrogen (secondary N) is 1. The van der Waals surface area contributed by atoms with Gasteiger partial charge in [-0.3, -0.25) is 13.9 Å². The molecule has 2 amide bonds. The number of benzene rings is 3. The highest BCUT2D eigenvalue weighted by Crippen LogP contribution is 2.30. The third-order valence-corrected chi connectivity index (χ3v) is 7.46. The largest absolute Gasteiger partial charge is 0.495 e. The van der Waals surface area contributed by atoms with E-state index in [2.05, 4.69) is 5.32 Å². The molecule has 0 aromatic heterocycles. The Bertz CT molecular complexity index is 1380. The van der Waals surface area contributed by atoms with Crippen molar-refractivity contribution in [2.45, 2.75) is 45.8 Å². The fraction of sp³-hybridized carbons (Fsp3) is 0.333. The minimum absolute atomic E-state index is 0.137. The van der Waals surface area contributed by atoms with Crippen LogP contribution in [-0.4, -0.2) is 57.1 Å². The maximum atomic E-state index is 14.1. The van der Waals surface area contributed by atoms with E-state index in [1.807, 2.05) is 75.4 Å². The molecule has 0 spiro atoms. The zero-order valence-corrected chi connectivity index (χ0v) is 23.9. The second-order valence-corrected chi connectivity index (χ2v) is 11.7. The maximum Gasteiger partial charge on any atom is 0.244 e. The molecule has 0 radical (unpaired) electrons. The fourth-order valence-electron chi connectivity index (χ4n) is 4.34. The first-order valence-corrected chi connectivity index (χ1v) is 14.6. The van der Waals surface area contributed by atoms with Gasteiger partial charge >= 0.3 is 0 Å². The molecule has 0 aliphatic heterocycles. The molecule has 1 atom stereocenters. The molecule has 0 aliphatic carbocycles. The Morgan fingerprint density at radius 2 is 1.54 bits per heavy atom. The van der Waals surface area contributed by atoms with Gasteiger partial charge in [0.05, 0.1) is 19.1 Å². The molecule has 8 nitrogen and oxygen atoms in total. The Hall–Kier alpha value is -3.85. The third-order valence-electron chi connectivity index (χ3n) is 6.34. The van der Waals surface area contributed by atoms with Crippen LogP contribution in [0.25, 0.3) is 0 Å². The number of amides is 2. The number of hydrogen-bond donors (Lipinski definition) is 1. The van der Waals surface area contributed by atoms with Crippen LogP contribution in [-0.2, 0) is 32.6 Å². The van der Waals surface area contributed by atoms with E-state index in [1.165, 1.54) is 12.0 Å². The van der Waals surface area contributed by atoms with Crippen LogP contribution in [0.15, 0.2) is 78.9 Å². The zero-order chi connectivity index (χ0) is 28.6. The van der Waals surface area contributed by atoms with E-state index in [9.17, 15) is 18.0 Å². The van der Waals surface area contributed by atoms with Gasteiger partial charge in [0.25, 0.3) is 0 Å². The Morgan fingerprint density at radius 1 is 0.923 bits per heavy atom. The van der Waals surface area contributed by atoms with Gasteiger partial charge in [-0.15, -0.1) is 0 Å². The molecule has 0 unspecified atom stereocenters.